The van der Waals surface area contributed by atoms with Crippen molar-refractivity contribution >= 4 is 5.82 Å². The van der Waals surface area contributed by atoms with Crippen molar-refractivity contribution in [3.05, 3.63) is 35.2 Å². The van der Waals surface area contributed by atoms with E-state index in [-0.39, 0.29) is 11.4 Å². The van der Waals surface area contributed by atoms with Crippen molar-refractivity contribution in [3.63, 3.8) is 0 Å². The van der Waals surface area contributed by atoms with Crippen LogP contribution in [-0.4, -0.2) is 36.5 Å². The third kappa shape index (κ3) is 3.07. The fourth-order valence-electron chi connectivity index (χ4n) is 3.20. The Labute approximate surface area is 162 Å². The average molecular weight is 379 g/mol. The number of nitrogens with two attached hydrogens (primary N) is 1. The summed E-state index contributed by atoms with van der Waals surface area (Å²) in [6.07, 6.45) is 0. The second-order valence-electron chi connectivity index (χ2n) is 6.15. The minimum atomic E-state index is 0.142. The number of aromatic nitrogens is 3. The third-order valence-corrected chi connectivity index (χ3v) is 4.52. The molecule has 0 amide bonds. The van der Waals surface area contributed by atoms with Gasteiger partial charge in [-0.15, -0.1) is 0 Å². The van der Waals surface area contributed by atoms with Crippen LogP contribution in [-0.2, 0) is 0 Å². The van der Waals surface area contributed by atoms with Crippen LogP contribution in [0, 0.1) is 25.2 Å². The van der Waals surface area contributed by atoms with E-state index >= 15 is 0 Å². The highest BCUT2D eigenvalue weighted by Gasteiger charge is 2.20. The Balaban J connectivity index is 2.32. The lowest BCUT2D eigenvalue weighted by molar-refractivity contribution is 0.324. The van der Waals surface area contributed by atoms with E-state index in [9.17, 15) is 5.26 Å². The molecule has 2 aromatic heterocycles. The Morgan fingerprint density at radius 3 is 2.14 bits per heavy atom. The van der Waals surface area contributed by atoms with Gasteiger partial charge in [0.1, 0.15) is 17.5 Å². The lowest BCUT2D eigenvalue weighted by atomic mass is 9.97. The zero-order chi connectivity index (χ0) is 20.4. The number of aryl methyl sites for hydroxylation is 2. The van der Waals surface area contributed by atoms with Gasteiger partial charge in [-0.1, -0.05) is 0 Å². The summed E-state index contributed by atoms with van der Waals surface area (Å²) in [5, 5.41) is 16.8. The van der Waals surface area contributed by atoms with E-state index in [0.717, 1.165) is 17.0 Å². The van der Waals surface area contributed by atoms with Crippen molar-refractivity contribution < 1.29 is 14.2 Å². The third-order valence-electron chi connectivity index (χ3n) is 4.52. The average Bonchev–Trinajstić information content (AvgIpc) is 3.04. The number of nitriles is 1. The van der Waals surface area contributed by atoms with Crippen LogP contribution in [0.5, 0.6) is 17.2 Å². The first-order valence-corrected chi connectivity index (χ1v) is 8.48. The Kier molecular flexibility index (Phi) is 5.09. The van der Waals surface area contributed by atoms with Crippen molar-refractivity contribution in [2.45, 2.75) is 13.8 Å². The van der Waals surface area contributed by atoms with Crippen molar-refractivity contribution in [2.75, 3.05) is 27.1 Å². The molecule has 0 bridgehead atoms. The van der Waals surface area contributed by atoms with Crippen molar-refractivity contribution in [3.8, 4) is 45.7 Å². The fraction of sp³-hybridized carbons (Fsp3) is 0.250. The van der Waals surface area contributed by atoms with E-state index in [1.807, 2.05) is 19.9 Å². The smallest absolute Gasteiger partial charge is 0.203 e. The molecule has 0 unspecified atom stereocenters. The molecule has 0 atom stereocenters. The molecule has 1 aromatic carbocycles. The summed E-state index contributed by atoms with van der Waals surface area (Å²) in [6, 6.07) is 7.51. The molecule has 0 aliphatic rings. The van der Waals surface area contributed by atoms with Gasteiger partial charge in [0.05, 0.1) is 32.7 Å². The zero-order valence-electron chi connectivity index (χ0n) is 16.4. The number of methoxy groups -OCH3 is 3. The number of H-pyrrole nitrogens is 1. The highest BCUT2D eigenvalue weighted by Crippen LogP contribution is 2.43. The Morgan fingerprint density at radius 1 is 1.04 bits per heavy atom. The fourth-order valence-corrected chi connectivity index (χ4v) is 3.20. The molecule has 8 heteroatoms. The summed E-state index contributed by atoms with van der Waals surface area (Å²) in [6.45, 7) is 3.79. The van der Waals surface area contributed by atoms with E-state index in [2.05, 4.69) is 21.3 Å². The van der Waals surface area contributed by atoms with Crippen molar-refractivity contribution in [2.24, 2.45) is 0 Å². The first kappa shape index (κ1) is 19.0. The van der Waals surface area contributed by atoms with Gasteiger partial charge in [0.2, 0.25) is 5.75 Å². The number of ether oxygens (including phenoxy) is 3. The minimum Gasteiger partial charge on any atom is -0.493 e. The van der Waals surface area contributed by atoms with Crippen molar-refractivity contribution in [1.29, 1.82) is 5.26 Å². The molecule has 3 N–H and O–H groups in total. The number of nitrogen functional groups attached to an aromatic ring is 1. The van der Waals surface area contributed by atoms with E-state index in [0.29, 0.717) is 34.1 Å². The summed E-state index contributed by atoms with van der Waals surface area (Å²) in [4.78, 5) is 4.42. The van der Waals surface area contributed by atoms with Gasteiger partial charge in [-0.25, -0.2) is 4.98 Å². The van der Waals surface area contributed by atoms with Crippen LogP contribution in [0.2, 0.25) is 0 Å². The van der Waals surface area contributed by atoms with Gasteiger partial charge >= 0.3 is 0 Å². The number of hydrogen-bond acceptors (Lipinski definition) is 7. The summed E-state index contributed by atoms with van der Waals surface area (Å²) in [5.74, 6) is 1.57. The number of nitrogens with zero attached hydrogens (tertiary/aromatic N) is 3. The maximum absolute atomic E-state index is 9.67. The Hall–Kier alpha value is -3.73. The van der Waals surface area contributed by atoms with E-state index < -0.39 is 0 Å². The first-order valence-electron chi connectivity index (χ1n) is 8.48. The molecule has 8 nitrogen and oxygen atoms in total. The number of benzene rings is 1. The van der Waals surface area contributed by atoms with Gasteiger partial charge in [0.15, 0.2) is 11.5 Å². The number of hydrogen-bond donors (Lipinski definition) is 2. The summed E-state index contributed by atoms with van der Waals surface area (Å²) < 4.78 is 16.3. The molecule has 0 spiro atoms. The largest absolute Gasteiger partial charge is 0.493 e. The molecule has 0 saturated heterocycles. The number of anilines is 1. The second kappa shape index (κ2) is 7.48. The van der Waals surface area contributed by atoms with Crippen LogP contribution in [0.3, 0.4) is 0 Å². The topological polar surface area (TPSA) is 119 Å². The van der Waals surface area contributed by atoms with E-state index in [1.54, 1.807) is 12.1 Å². The standard InChI is InChI=1S/C20H21N5O3/c1-10-18(11(2)25-24-10)15-8-13(14(9-21)20(22)23-15)12-6-16(26-3)19(28-5)17(7-12)27-4/h6-8H,1-5H3,(H2,22,23)(H,24,25). The van der Waals surface area contributed by atoms with Crippen LogP contribution in [0.4, 0.5) is 5.82 Å². The lowest BCUT2D eigenvalue weighted by Gasteiger charge is -2.16. The SMILES string of the molecule is COc1cc(-c2cc(-c3c(C)n[nH]c3C)nc(N)c2C#N)cc(OC)c1OC. The summed E-state index contributed by atoms with van der Waals surface area (Å²) in [7, 11) is 4.61. The van der Waals surface area contributed by atoms with Crippen LogP contribution in [0.25, 0.3) is 22.4 Å². The van der Waals surface area contributed by atoms with Crippen LogP contribution < -0.4 is 19.9 Å². The molecule has 0 saturated carbocycles. The molecule has 144 valence electrons. The van der Waals surface area contributed by atoms with Gasteiger partial charge in [-0.05, 0) is 37.6 Å². The highest BCUT2D eigenvalue weighted by atomic mass is 16.5. The molecule has 2 heterocycles. The predicted octanol–water partition coefficient (Wildman–Crippen LogP) is 3.24. The monoisotopic (exact) mass is 379 g/mol. The molecular weight excluding hydrogens is 358 g/mol. The number of aromatic amines is 1. The predicted molar refractivity (Wildman–Crippen MR) is 106 cm³/mol. The summed E-state index contributed by atoms with van der Waals surface area (Å²) >= 11 is 0. The molecule has 0 aliphatic heterocycles. The van der Waals surface area contributed by atoms with Gasteiger partial charge in [-0.3, -0.25) is 5.10 Å². The van der Waals surface area contributed by atoms with Gasteiger partial charge < -0.3 is 19.9 Å². The molecule has 0 radical (unpaired) electrons. The van der Waals surface area contributed by atoms with E-state index in [4.69, 9.17) is 19.9 Å². The second-order valence-corrected chi connectivity index (χ2v) is 6.15. The maximum Gasteiger partial charge on any atom is 0.203 e. The molecule has 3 rings (SSSR count). The minimum absolute atomic E-state index is 0.142. The van der Waals surface area contributed by atoms with Gasteiger partial charge in [0.25, 0.3) is 0 Å². The normalized spacial score (nSPS) is 10.4. The van der Waals surface area contributed by atoms with Crippen LogP contribution >= 0.6 is 0 Å². The van der Waals surface area contributed by atoms with Crippen molar-refractivity contribution in [1.82, 2.24) is 15.2 Å². The lowest BCUT2D eigenvalue weighted by Crippen LogP contribution is -2.01. The van der Waals surface area contributed by atoms with Crippen LogP contribution in [0.1, 0.15) is 17.0 Å². The quantitative estimate of drug-likeness (QED) is 0.698. The van der Waals surface area contributed by atoms with Crippen LogP contribution in [0.15, 0.2) is 18.2 Å². The number of rotatable bonds is 5. The molecule has 3 aromatic rings. The molecule has 0 aliphatic carbocycles. The maximum atomic E-state index is 9.67. The summed E-state index contributed by atoms with van der Waals surface area (Å²) in [5.41, 5.74) is 10.8. The molecule has 0 fully saturated rings. The Morgan fingerprint density at radius 2 is 1.68 bits per heavy atom. The van der Waals surface area contributed by atoms with Gasteiger partial charge in [0, 0.05) is 16.8 Å². The van der Waals surface area contributed by atoms with Gasteiger partial charge in [-0.2, -0.15) is 10.4 Å². The number of nitrogens with one attached hydrogen (secondary N) is 1. The zero-order valence-corrected chi connectivity index (χ0v) is 16.4. The molecule has 28 heavy (non-hydrogen) atoms. The Bertz CT molecular complexity index is 1040. The highest BCUT2D eigenvalue weighted by molar-refractivity contribution is 5.83. The first-order chi connectivity index (χ1) is 13.4. The molecular formula is C20H21N5O3. The van der Waals surface area contributed by atoms with E-state index in [1.165, 1.54) is 21.3 Å². The number of pyridine rings is 1.